The van der Waals surface area contributed by atoms with E-state index in [0.29, 0.717) is 18.3 Å². The van der Waals surface area contributed by atoms with Crippen molar-refractivity contribution in [1.29, 1.82) is 0 Å². The van der Waals surface area contributed by atoms with Crippen LogP contribution >= 0.6 is 19.4 Å². The van der Waals surface area contributed by atoms with E-state index in [1.807, 2.05) is 11.8 Å². The Labute approximate surface area is 273 Å². The first-order chi connectivity index (χ1) is 20.9. The van der Waals surface area contributed by atoms with Gasteiger partial charge >= 0.3 is 13.3 Å². The quantitative estimate of drug-likeness (QED) is 0.0777. The van der Waals surface area contributed by atoms with Crippen molar-refractivity contribution in [3.05, 3.63) is 29.8 Å². The lowest BCUT2D eigenvalue weighted by Crippen LogP contribution is -2.25. The van der Waals surface area contributed by atoms with E-state index in [2.05, 4.69) is 70.5 Å². The molecule has 0 aliphatic heterocycles. The Kier molecular flexibility index (Phi) is 21.7. The van der Waals surface area contributed by atoms with E-state index < -0.39 is 13.3 Å². The topological polar surface area (TPSA) is 91.3 Å². The van der Waals surface area contributed by atoms with Crippen LogP contribution < -0.4 is 4.74 Å². The van der Waals surface area contributed by atoms with Crippen LogP contribution in [0.4, 0.5) is 4.79 Å². The Morgan fingerprint density at radius 1 is 0.864 bits per heavy atom. The number of carbonyl (C=O) groups is 1. The average molecular weight is 659 g/mol. The molecule has 9 heteroatoms. The van der Waals surface area contributed by atoms with E-state index >= 15 is 0 Å². The lowest BCUT2D eigenvalue weighted by Gasteiger charge is -2.25. The third-order valence-electron chi connectivity index (χ3n) is 7.86. The normalized spacial score (nSPS) is 15.4. The molecule has 0 bridgehead atoms. The molecule has 1 aromatic carbocycles. The lowest BCUT2D eigenvalue weighted by atomic mass is 9.87. The molecule has 0 aliphatic carbocycles. The molecule has 7 nitrogen and oxygen atoms in total. The molecule has 256 valence electrons. The SMILES string of the molecule is CCCCCCC[C@@H](SCCCCC(CCCCC)Oc1ccc(C(C)(C)C)cc1)[C@H](C)OCCCOP(=O)(O)C(=O)OC. The highest BCUT2D eigenvalue weighted by atomic mass is 32.2. The zero-order valence-corrected chi connectivity index (χ0v) is 30.5. The van der Waals surface area contributed by atoms with Gasteiger partial charge in [0.05, 0.1) is 25.9 Å². The Bertz CT molecular complexity index is 919. The monoisotopic (exact) mass is 658 g/mol. The van der Waals surface area contributed by atoms with E-state index in [1.54, 1.807) is 0 Å². The van der Waals surface area contributed by atoms with Gasteiger partial charge < -0.3 is 23.6 Å². The molecule has 0 saturated heterocycles. The third-order valence-corrected chi connectivity index (χ3v) is 10.6. The highest BCUT2D eigenvalue weighted by Crippen LogP contribution is 2.43. The van der Waals surface area contributed by atoms with Crippen LogP contribution in [0.3, 0.4) is 0 Å². The van der Waals surface area contributed by atoms with Gasteiger partial charge in [0.15, 0.2) is 0 Å². The van der Waals surface area contributed by atoms with E-state index in [4.69, 9.17) is 14.0 Å². The number of carbonyl (C=O) groups excluding carboxylic acids is 1. The molecule has 0 aliphatic rings. The molecule has 0 amide bonds. The Hall–Kier alpha value is -1.05. The van der Waals surface area contributed by atoms with Crippen molar-refractivity contribution in [1.82, 2.24) is 0 Å². The Balaban J connectivity index is 2.57. The van der Waals surface area contributed by atoms with E-state index in [1.165, 1.54) is 56.9 Å². The van der Waals surface area contributed by atoms with Crippen LogP contribution in [0.25, 0.3) is 0 Å². The van der Waals surface area contributed by atoms with Gasteiger partial charge in [0, 0.05) is 11.9 Å². The highest BCUT2D eigenvalue weighted by molar-refractivity contribution is 7.99. The van der Waals surface area contributed by atoms with Gasteiger partial charge in [-0.15, -0.1) is 0 Å². The smallest absolute Gasteiger partial charge is 0.435 e. The van der Waals surface area contributed by atoms with Crippen molar-refractivity contribution in [2.45, 2.75) is 154 Å². The minimum Gasteiger partial charge on any atom is -0.490 e. The van der Waals surface area contributed by atoms with Crippen molar-refractivity contribution in [2.24, 2.45) is 0 Å². The van der Waals surface area contributed by atoms with Crippen LogP contribution in [0.5, 0.6) is 5.75 Å². The molecule has 0 heterocycles. The number of methoxy groups -OCH3 is 1. The largest absolute Gasteiger partial charge is 0.490 e. The fourth-order valence-corrected chi connectivity index (χ4v) is 7.08. The summed E-state index contributed by atoms with van der Waals surface area (Å²) in [6, 6.07) is 8.65. The van der Waals surface area contributed by atoms with Crippen molar-refractivity contribution in [2.75, 3.05) is 26.1 Å². The molecule has 1 rings (SSSR count). The predicted octanol–water partition coefficient (Wildman–Crippen LogP) is 10.7. The molecule has 44 heavy (non-hydrogen) atoms. The van der Waals surface area contributed by atoms with E-state index in [9.17, 15) is 14.3 Å². The predicted molar refractivity (Wildman–Crippen MR) is 185 cm³/mol. The van der Waals surface area contributed by atoms with Gasteiger partial charge in [-0.05, 0) is 80.7 Å². The molecule has 1 N–H and O–H groups in total. The van der Waals surface area contributed by atoms with Crippen LogP contribution in [-0.2, 0) is 24.0 Å². The maximum Gasteiger partial charge on any atom is 0.435 e. The summed E-state index contributed by atoms with van der Waals surface area (Å²) in [4.78, 5) is 20.9. The molecule has 2 unspecified atom stereocenters. The molecule has 4 atom stereocenters. The molecule has 0 aromatic heterocycles. The third kappa shape index (κ3) is 18.2. The molecule has 0 fully saturated rings. The van der Waals surface area contributed by atoms with Crippen LogP contribution in [0.2, 0.25) is 0 Å². The number of unbranched alkanes of at least 4 members (excludes halogenated alkanes) is 7. The van der Waals surface area contributed by atoms with Crippen LogP contribution in [0.1, 0.15) is 137 Å². The maximum atomic E-state index is 11.8. The fourth-order valence-electron chi connectivity index (χ4n) is 5.01. The van der Waals surface area contributed by atoms with Crippen LogP contribution in [-0.4, -0.2) is 54.1 Å². The second kappa shape index (κ2) is 23.3. The number of hydrogen-bond acceptors (Lipinski definition) is 7. The van der Waals surface area contributed by atoms with Gasteiger partial charge in [-0.25, -0.2) is 9.36 Å². The summed E-state index contributed by atoms with van der Waals surface area (Å²) in [6.45, 7) is 13.7. The maximum absolute atomic E-state index is 11.8. The molecule has 0 spiro atoms. The minimum atomic E-state index is -4.39. The number of thioether (sulfide) groups is 1. The standard InChI is InChI=1S/C35H63O7PS/c1-8-10-12-13-15-21-33(29(3)40-26-18-27-41-43(37,38)34(36)39-7)44-28-17-16-20-31(19-14-11-9-2)42-32-24-22-30(23-25-32)35(4,5)6/h22-25,29,31,33H,8-21,26-28H2,1-7H3,(H,37,38)/t29-,31?,33+/m0/s1. The Morgan fingerprint density at radius 2 is 1.45 bits per heavy atom. The first kappa shape index (κ1) is 41.0. The van der Waals surface area contributed by atoms with Crippen LogP contribution in [0.15, 0.2) is 24.3 Å². The summed E-state index contributed by atoms with van der Waals surface area (Å²) in [6.07, 6.45) is 16.2. The molecular weight excluding hydrogens is 595 g/mol. The fraction of sp³-hybridized carbons (Fsp3) is 0.800. The molecule has 0 radical (unpaired) electrons. The number of benzene rings is 1. The van der Waals surface area contributed by atoms with Gasteiger partial charge in [-0.1, -0.05) is 91.7 Å². The zero-order chi connectivity index (χ0) is 32.8. The summed E-state index contributed by atoms with van der Waals surface area (Å²) in [5, 5.41) is 0.398. The number of hydrogen-bond donors (Lipinski definition) is 1. The van der Waals surface area contributed by atoms with E-state index in [0.717, 1.165) is 50.7 Å². The zero-order valence-electron chi connectivity index (χ0n) is 28.8. The summed E-state index contributed by atoms with van der Waals surface area (Å²) < 4.78 is 33.6. The lowest BCUT2D eigenvalue weighted by molar-refractivity contribution is 0.0536. The summed E-state index contributed by atoms with van der Waals surface area (Å²) in [5.74, 6) is 2.06. The molecule has 1 aromatic rings. The Morgan fingerprint density at radius 3 is 2.07 bits per heavy atom. The highest BCUT2D eigenvalue weighted by Gasteiger charge is 2.31. The summed E-state index contributed by atoms with van der Waals surface area (Å²) >= 11 is 2.01. The van der Waals surface area contributed by atoms with Gasteiger partial charge in [-0.3, -0.25) is 0 Å². The average Bonchev–Trinajstić information content (AvgIpc) is 2.98. The van der Waals surface area contributed by atoms with Crippen LogP contribution in [0, 0.1) is 0 Å². The molecular formula is C35H63O7PS. The number of ether oxygens (including phenoxy) is 3. The van der Waals surface area contributed by atoms with Crippen molar-refractivity contribution < 1.29 is 33.0 Å². The second-order valence-electron chi connectivity index (χ2n) is 12.9. The van der Waals surface area contributed by atoms with Gasteiger partial charge in [0.25, 0.3) is 0 Å². The minimum absolute atomic E-state index is 0.0351. The van der Waals surface area contributed by atoms with Crippen molar-refractivity contribution in [3.8, 4) is 5.75 Å². The van der Waals surface area contributed by atoms with Gasteiger partial charge in [0.2, 0.25) is 0 Å². The van der Waals surface area contributed by atoms with Gasteiger partial charge in [-0.2, -0.15) is 11.8 Å². The summed E-state index contributed by atoms with van der Waals surface area (Å²) in [7, 11) is -3.32. The van der Waals surface area contributed by atoms with E-state index in [-0.39, 0.29) is 24.2 Å². The van der Waals surface area contributed by atoms with Crippen molar-refractivity contribution in [3.63, 3.8) is 0 Å². The molecule has 0 saturated carbocycles. The van der Waals surface area contributed by atoms with Gasteiger partial charge in [0.1, 0.15) is 5.75 Å². The number of rotatable bonds is 26. The van der Waals surface area contributed by atoms with Crippen molar-refractivity contribution >= 4 is 25.1 Å². The second-order valence-corrected chi connectivity index (χ2v) is 15.9. The first-order valence-corrected chi connectivity index (χ1v) is 19.6. The first-order valence-electron chi connectivity index (χ1n) is 17.0. The summed E-state index contributed by atoms with van der Waals surface area (Å²) in [5.41, 5.74) is 0.226.